The second-order valence-corrected chi connectivity index (χ2v) is 5.78. The molecule has 0 bridgehead atoms. The van der Waals surface area contributed by atoms with Crippen LogP contribution in [-0.2, 0) is 14.3 Å². The summed E-state index contributed by atoms with van der Waals surface area (Å²) in [4.78, 5) is 23.1. The molecule has 1 aliphatic rings. The van der Waals surface area contributed by atoms with Crippen molar-refractivity contribution in [3.8, 4) is 0 Å². The second-order valence-electron chi connectivity index (χ2n) is 5.78. The van der Waals surface area contributed by atoms with Gasteiger partial charge in [0.25, 0.3) is 0 Å². The molecule has 0 radical (unpaired) electrons. The van der Waals surface area contributed by atoms with E-state index in [1.807, 2.05) is 13.8 Å². The van der Waals surface area contributed by atoms with Gasteiger partial charge in [0.15, 0.2) is 0 Å². The summed E-state index contributed by atoms with van der Waals surface area (Å²) in [6, 6.07) is -0.214. The summed E-state index contributed by atoms with van der Waals surface area (Å²) in [5, 5.41) is 12.2. The Balaban J connectivity index is 2.35. The van der Waals surface area contributed by atoms with Crippen LogP contribution in [0.15, 0.2) is 0 Å². The van der Waals surface area contributed by atoms with Crippen LogP contribution in [0.2, 0.25) is 0 Å². The maximum Gasteiger partial charge on any atom is 0.308 e. The highest BCUT2D eigenvalue weighted by atomic mass is 16.5. The number of ether oxygens (including phenoxy) is 1. The number of hydrogen-bond acceptors (Lipinski definition) is 3. The minimum absolute atomic E-state index is 0.0597. The summed E-state index contributed by atoms with van der Waals surface area (Å²) in [5.74, 6) is -1.29. The topological polar surface area (TPSA) is 75.6 Å². The van der Waals surface area contributed by atoms with E-state index in [0.29, 0.717) is 25.9 Å². The summed E-state index contributed by atoms with van der Waals surface area (Å²) in [5.41, 5.74) is 0. The van der Waals surface area contributed by atoms with Crippen molar-refractivity contribution < 1.29 is 19.4 Å². The maximum absolute atomic E-state index is 11.9. The molecular formula is C15H27NO4. The molecule has 1 aliphatic carbocycles. The molecule has 5 nitrogen and oxygen atoms in total. The number of amides is 1. The van der Waals surface area contributed by atoms with Crippen LogP contribution >= 0.6 is 0 Å². The third-order valence-electron chi connectivity index (χ3n) is 3.68. The second kappa shape index (κ2) is 8.95. The highest BCUT2D eigenvalue weighted by Gasteiger charge is 2.30. The molecule has 1 rings (SSSR count). The van der Waals surface area contributed by atoms with Crippen molar-refractivity contribution in [2.24, 2.45) is 5.92 Å². The highest BCUT2D eigenvalue weighted by molar-refractivity contribution is 5.78. The van der Waals surface area contributed by atoms with Gasteiger partial charge in [-0.05, 0) is 33.1 Å². The van der Waals surface area contributed by atoms with Gasteiger partial charge < -0.3 is 15.2 Å². The SMILES string of the molecule is CC(C)OCCCC(=O)N[C@H]1CCCCC[C@H]1C(=O)O. The molecule has 0 aliphatic heterocycles. The predicted molar refractivity (Wildman–Crippen MR) is 76.5 cm³/mol. The van der Waals surface area contributed by atoms with Crippen molar-refractivity contribution in [2.75, 3.05) is 6.61 Å². The lowest BCUT2D eigenvalue weighted by Crippen LogP contribution is -2.42. The molecule has 0 spiro atoms. The van der Waals surface area contributed by atoms with Crippen molar-refractivity contribution in [3.63, 3.8) is 0 Å². The van der Waals surface area contributed by atoms with Gasteiger partial charge in [-0.25, -0.2) is 0 Å². The molecule has 0 aromatic rings. The summed E-state index contributed by atoms with van der Waals surface area (Å²) in [7, 11) is 0. The van der Waals surface area contributed by atoms with Gasteiger partial charge in [0, 0.05) is 19.1 Å². The number of aliphatic carboxylic acids is 1. The van der Waals surface area contributed by atoms with Crippen LogP contribution in [0.4, 0.5) is 0 Å². The molecule has 5 heteroatoms. The van der Waals surface area contributed by atoms with Gasteiger partial charge in [0.05, 0.1) is 12.0 Å². The van der Waals surface area contributed by atoms with Crippen LogP contribution in [0, 0.1) is 5.92 Å². The number of carboxylic acid groups (broad SMARTS) is 1. The highest BCUT2D eigenvalue weighted by Crippen LogP contribution is 2.23. The Bertz CT molecular complexity index is 317. The summed E-state index contributed by atoms with van der Waals surface area (Å²) in [6.45, 7) is 4.49. The van der Waals surface area contributed by atoms with E-state index in [2.05, 4.69) is 5.32 Å². The number of rotatable bonds is 7. The van der Waals surface area contributed by atoms with Crippen molar-refractivity contribution >= 4 is 11.9 Å². The Morgan fingerprint density at radius 1 is 1.25 bits per heavy atom. The quantitative estimate of drug-likeness (QED) is 0.556. The Labute approximate surface area is 121 Å². The molecule has 20 heavy (non-hydrogen) atoms. The number of nitrogens with one attached hydrogen (secondary N) is 1. The van der Waals surface area contributed by atoms with E-state index < -0.39 is 11.9 Å². The molecule has 0 aromatic heterocycles. The Hall–Kier alpha value is -1.10. The molecule has 1 amide bonds. The van der Waals surface area contributed by atoms with Crippen LogP contribution in [0.25, 0.3) is 0 Å². The zero-order valence-electron chi connectivity index (χ0n) is 12.6. The monoisotopic (exact) mass is 285 g/mol. The lowest BCUT2D eigenvalue weighted by Gasteiger charge is -2.22. The molecule has 0 unspecified atom stereocenters. The third kappa shape index (κ3) is 6.37. The van der Waals surface area contributed by atoms with Crippen LogP contribution in [-0.4, -0.2) is 35.7 Å². The van der Waals surface area contributed by atoms with Crippen LogP contribution in [0.3, 0.4) is 0 Å². The van der Waals surface area contributed by atoms with Gasteiger partial charge in [-0.2, -0.15) is 0 Å². The predicted octanol–water partition coefficient (Wildman–Crippen LogP) is 2.34. The number of carbonyl (C=O) groups is 2. The average Bonchev–Trinajstić information content (AvgIpc) is 2.60. The first-order valence-electron chi connectivity index (χ1n) is 7.64. The molecule has 116 valence electrons. The smallest absolute Gasteiger partial charge is 0.308 e. The van der Waals surface area contributed by atoms with Crippen LogP contribution in [0.5, 0.6) is 0 Å². The fourth-order valence-electron chi connectivity index (χ4n) is 2.61. The van der Waals surface area contributed by atoms with Crippen LogP contribution in [0.1, 0.15) is 58.8 Å². The molecular weight excluding hydrogens is 258 g/mol. The van der Waals surface area contributed by atoms with Crippen molar-refractivity contribution in [1.29, 1.82) is 0 Å². The Morgan fingerprint density at radius 3 is 2.60 bits per heavy atom. The molecule has 1 saturated carbocycles. The van der Waals surface area contributed by atoms with E-state index in [1.54, 1.807) is 0 Å². The summed E-state index contributed by atoms with van der Waals surface area (Å²) in [6.07, 6.45) is 5.66. The van der Waals surface area contributed by atoms with Crippen molar-refractivity contribution in [2.45, 2.75) is 70.9 Å². The first-order valence-corrected chi connectivity index (χ1v) is 7.64. The molecule has 0 heterocycles. The van der Waals surface area contributed by atoms with E-state index in [4.69, 9.17) is 4.74 Å². The fourth-order valence-corrected chi connectivity index (χ4v) is 2.61. The van der Waals surface area contributed by atoms with Gasteiger partial charge in [-0.3, -0.25) is 9.59 Å². The largest absolute Gasteiger partial charge is 0.481 e. The first kappa shape index (κ1) is 17.0. The lowest BCUT2D eigenvalue weighted by atomic mass is 9.94. The molecule has 2 N–H and O–H groups in total. The number of hydrogen-bond donors (Lipinski definition) is 2. The first-order chi connectivity index (χ1) is 9.50. The van der Waals surface area contributed by atoms with E-state index in [-0.39, 0.29) is 18.1 Å². The number of carbonyl (C=O) groups excluding carboxylic acids is 1. The number of carboxylic acids is 1. The minimum Gasteiger partial charge on any atom is -0.481 e. The Kier molecular flexibility index (Phi) is 7.59. The molecule has 2 atom stereocenters. The van der Waals surface area contributed by atoms with Gasteiger partial charge in [0.1, 0.15) is 0 Å². The fraction of sp³-hybridized carbons (Fsp3) is 0.867. The van der Waals surface area contributed by atoms with Gasteiger partial charge in [-0.1, -0.05) is 19.3 Å². The normalized spacial score (nSPS) is 23.4. The van der Waals surface area contributed by atoms with Gasteiger partial charge >= 0.3 is 5.97 Å². The van der Waals surface area contributed by atoms with Crippen molar-refractivity contribution in [3.05, 3.63) is 0 Å². The lowest BCUT2D eigenvalue weighted by molar-refractivity contribution is -0.143. The molecule has 1 fully saturated rings. The van der Waals surface area contributed by atoms with E-state index in [9.17, 15) is 14.7 Å². The Morgan fingerprint density at radius 2 is 1.95 bits per heavy atom. The van der Waals surface area contributed by atoms with Crippen LogP contribution < -0.4 is 5.32 Å². The maximum atomic E-state index is 11.9. The van der Waals surface area contributed by atoms with E-state index in [0.717, 1.165) is 25.7 Å². The van der Waals surface area contributed by atoms with Gasteiger partial charge in [0.2, 0.25) is 5.91 Å². The summed E-state index contributed by atoms with van der Waals surface area (Å²) >= 11 is 0. The van der Waals surface area contributed by atoms with E-state index >= 15 is 0 Å². The average molecular weight is 285 g/mol. The molecule has 0 saturated heterocycles. The minimum atomic E-state index is -0.791. The standard InChI is InChI=1S/C15H27NO4/c1-11(2)20-10-6-9-14(17)16-13-8-5-3-4-7-12(13)15(18)19/h11-13H,3-10H2,1-2H3,(H,16,17)(H,18,19)/t12-,13+/m1/s1. The van der Waals surface area contributed by atoms with Gasteiger partial charge in [-0.15, -0.1) is 0 Å². The zero-order valence-corrected chi connectivity index (χ0v) is 12.6. The third-order valence-corrected chi connectivity index (χ3v) is 3.68. The van der Waals surface area contributed by atoms with E-state index in [1.165, 1.54) is 0 Å². The summed E-state index contributed by atoms with van der Waals surface area (Å²) < 4.78 is 5.39. The zero-order chi connectivity index (χ0) is 15.0. The van der Waals surface area contributed by atoms with Crippen molar-refractivity contribution in [1.82, 2.24) is 5.32 Å². The molecule has 0 aromatic carbocycles.